The Balaban J connectivity index is 0.00000324. The first kappa shape index (κ1) is 18.1. The van der Waals surface area contributed by atoms with Crippen LogP contribution in [0.3, 0.4) is 0 Å². The van der Waals surface area contributed by atoms with Gasteiger partial charge in [0.15, 0.2) is 6.61 Å². The maximum absolute atomic E-state index is 5.34. The summed E-state index contributed by atoms with van der Waals surface area (Å²) in [6.45, 7) is 1.12. The monoisotopic (exact) mass is 287 g/mol. The topological polar surface area (TPSA) is 44.3 Å². The van der Waals surface area contributed by atoms with E-state index in [0.717, 1.165) is 6.54 Å². The minimum atomic E-state index is -0.768. The first-order chi connectivity index (χ1) is 8.76. The van der Waals surface area contributed by atoms with Crippen molar-refractivity contribution in [2.75, 3.05) is 34.5 Å². The average molecular weight is 288 g/mol. The predicted octanol–water partition coefficient (Wildman–Crippen LogP) is -2.14. The number of methoxy groups -OCH3 is 3. The molecule has 1 aromatic carbocycles. The highest BCUT2D eigenvalue weighted by Crippen LogP contribution is 2.01. The molecule has 0 spiro atoms. The molecule has 0 heterocycles. The summed E-state index contributed by atoms with van der Waals surface area (Å²) in [7, 11) is 4.85. The molecular formula is C14H22ClNO3. The van der Waals surface area contributed by atoms with Gasteiger partial charge in [-0.3, -0.25) is 5.32 Å². The lowest BCUT2D eigenvalue weighted by Crippen LogP contribution is -3.00. The lowest BCUT2D eigenvalue weighted by molar-refractivity contribution is -0.809. The van der Waals surface area contributed by atoms with Crippen molar-refractivity contribution >= 4 is 6.08 Å². The Morgan fingerprint density at radius 3 is 2.26 bits per heavy atom. The summed E-state index contributed by atoms with van der Waals surface area (Å²) in [4.78, 5) is 0. The molecule has 0 atom stereocenters. The third kappa shape index (κ3) is 6.18. The smallest absolute Gasteiger partial charge is 0.340 e. The number of benzene rings is 1. The number of ether oxygens (including phenoxy) is 3. The molecule has 0 aliphatic heterocycles. The molecule has 0 aliphatic rings. The molecule has 108 valence electrons. The van der Waals surface area contributed by atoms with Gasteiger partial charge in [-0.25, -0.2) is 0 Å². The standard InChI is InChI=1S/C14H21NO3.ClH/c1-16-12-14(17-2,18-3)15-11-7-10-13-8-5-4-6-9-13;/h4-10,15H,11-12H2,1-3H3;1H/b10-7+;. The molecule has 0 amide bonds. The van der Waals surface area contributed by atoms with Crippen molar-refractivity contribution in [1.29, 1.82) is 0 Å². The fourth-order valence-corrected chi connectivity index (χ4v) is 1.64. The largest absolute Gasteiger partial charge is 1.00 e. The summed E-state index contributed by atoms with van der Waals surface area (Å²) in [5.74, 6) is -0.768. The SMILES string of the molecule is COCC([NH2+]C/C=C/c1ccccc1)(OC)OC.[Cl-]. The molecule has 0 fully saturated rings. The molecule has 0 saturated heterocycles. The Labute approximate surface area is 121 Å². The summed E-state index contributed by atoms with van der Waals surface area (Å²) in [6, 6.07) is 10.2. The zero-order chi connectivity index (χ0) is 13.3. The van der Waals surface area contributed by atoms with E-state index in [9.17, 15) is 0 Å². The minimum absolute atomic E-state index is 0. The van der Waals surface area contributed by atoms with Crippen molar-refractivity contribution in [2.24, 2.45) is 0 Å². The number of hydrogen-bond acceptors (Lipinski definition) is 3. The Morgan fingerprint density at radius 1 is 1.11 bits per heavy atom. The summed E-state index contributed by atoms with van der Waals surface area (Å²) in [5, 5.41) is 1.95. The van der Waals surface area contributed by atoms with Crippen LogP contribution in [0.5, 0.6) is 0 Å². The van der Waals surface area contributed by atoms with Gasteiger partial charge in [-0.05, 0) is 11.6 Å². The molecule has 0 saturated carbocycles. The third-order valence-electron chi connectivity index (χ3n) is 2.71. The van der Waals surface area contributed by atoms with Crippen LogP contribution in [0, 0.1) is 0 Å². The van der Waals surface area contributed by atoms with Gasteiger partial charge < -0.3 is 26.6 Å². The van der Waals surface area contributed by atoms with E-state index in [2.05, 4.69) is 24.3 Å². The van der Waals surface area contributed by atoms with Gasteiger partial charge in [0.1, 0.15) is 0 Å². The zero-order valence-electron chi connectivity index (χ0n) is 11.6. The molecule has 1 rings (SSSR count). The number of halogens is 1. The number of nitrogens with two attached hydrogens (primary N) is 1. The van der Waals surface area contributed by atoms with Crippen LogP contribution in [0.1, 0.15) is 5.56 Å². The lowest BCUT2D eigenvalue weighted by Gasteiger charge is -2.26. The van der Waals surface area contributed by atoms with Gasteiger partial charge in [0.05, 0.1) is 6.54 Å². The lowest BCUT2D eigenvalue weighted by atomic mass is 10.2. The molecule has 2 N–H and O–H groups in total. The van der Waals surface area contributed by atoms with Gasteiger partial charge >= 0.3 is 5.91 Å². The summed E-state index contributed by atoms with van der Waals surface area (Å²) in [6.07, 6.45) is 4.14. The van der Waals surface area contributed by atoms with Crippen LogP contribution >= 0.6 is 0 Å². The molecule has 0 aromatic heterocycles. The van der Waals surface area contributed by atoms with E-state index in [-0.39, 0.29) is 12.4 Å². The molecule has 5 heteroatoms. The second-order valence-corrected chi connectivity index (χ2v) is 3.91. The molecule has 0 bridgehead atoms. The quantitative estimate of drug-likeness (QED) is 0.555. The Hall–Kier alpha value is -0.910. The highest BCUT2D eigenvalue weighted by Gasteiger charge is 2.33. The minimum Gasteiger partial charge on any atom is -1.00 e. The molecule has 19 heavy (non-hydrogen) atoms. The predicted molar refractivity (Wildman–Crippen MR) is 70.9 cm³/mol. The van der Waals surface area contributed by atoms with E-state index in [1.54, 1.807) is 21.3 Å². The fourth-order valence-electron chi connectivity index (χ4n) is 1.64. The molecule has 0 aliphatic carbocycles. The molecule has 0 radical (unpaired) electrons. The summed E-state index contributed by atoms with van der Waals surface area (Å²) >= 11 is 0. The van der Waals surface area contributed by atoms with E-state index >= 15 is 0 Å². The van der Waals surface area contributed by atoms with Crippen LogP contribution < -0.4 is 17.7 Å². The van der Waals surface area contributed by atoms with Crippen LogP contribution in [0.4, 0.5) is 0 Å². The summed E-state index contributed by atoms with van der Waals surface area (Å²) in [5.41, 5.74) is 1.18. The second-order valence-electron chi connectivity index (χ2n) is 3.91. The van der Waals surface area contributed by atoms with Crippen molar-refractivity contribution < 1.29 is 31.9 Å². The molecule has 1 aromatic rings. The van der Waals surface area contributed by atoms with Crippen LogP contribution in [0.15, 0.2) is 36.4 Å². The van der Waals surface area contributed by atoms with E-state index in [1.807, 2.05) is 23.5 Å². The highest BCUT2D eigenvalue weighted by atomic mass is 35.5. The second kappa shape index (κ2) is 9.95. The van der Waals surface area contributed by atoms with Crippen LogP contribution in [0.25, 0.3) is 6.08 Å². The first-order valence-electron chi connectivity index (χ1n) is 5.91. The normalized spacial score (nSPS) is 11.5. The van der Waals surface area contributed by atoms with Crippen LogP contribution in [-0.2, 0) is 14.2 Å². The summed E-state index contributed by atoms with van der Waals surface area (Å²) < 4.78 is 15.8. The van der Waals surface area contributed by atoms with E-state index < -0.39 is 5.91 Å². The number of rotatable bonds is 8. The number of quaternary nitrogens is 1. The van der Waals surface area contributed by atoms with Gasteiger partial charge in [0.2, 0.25) is 0 Å². The number of hydrogen-bond donors (Lipinski definition) is 1. The Kier molecular flexibility index (Phi) is 9.47. The molecular weight excluding hydrogens is 266 g/mol. The van der Waals surface area contributed by atoms with Crippen LogP contribution in [-0.4, -0.2) is 40.4 Å². The fraction of sp³-hybridized carbons (Fsp3) is 0.429. The van der Waals surface area contributed by atoms with E-state index in [0.29, 0.717) is 6.61 Å². The average Bonchev–Trinajstić information content (AvgIpc) is 2.43. The van der Waals surface area contributed by atoms with Crippen molar-refractivity contribution in [3.8, 4) is 0 Å². The van der Waals surface area contributed by atoms with Crippen molar-refractivity contribution in [3.63, 3.8) is 0 Å². The van der Waals surface area contributed by atoms with E-state index in [4.69, 9.17) is 14.2 Å². The van der Waals surface area contributed by atoms with Crippen LogP contribution in [0.2, 0.25) is 0 Å². The highest BCUT2D eigenvalue weighted by molar-refractivity contribution is 5.48. The molecule has 4 nitrogen and oxygen atoms in total. The maximum atomic E-state index is 5.34. The Bertz CT molecular complexity index is 353. The van der Waals surface area contributed by atoms with Gasteiger partial charge in [-0.1, -0.05) is 36.4 Å². The first-order valence-corrected chi connectivity index (χ1v) is 5.91. The van der Waals surface area contributed by atoms with Crippen molar-refractivity contribution in [1.82, 2.24) is 0 Å². The van der Waals surface area contributed by atoms with Gasteiger partial charge in [0.25, 0.3) is 0 Å². The van der Waals surface area contributed by atoms with Gasteiger partial charge in [-0.2, -0.15) is 0 Å². The maximum Gasteiger partial charge on any atom is 0.340 e. The zero-order valence-corrected chi connectivity index (χ0v) is 12.4. The molecule has 0 unspecified atom stereocenters. The van der Waals surface area contributed by atoms with Gasteiger partial charge in [0, 0.05) is 21.3 Å². The van der Waals surface area contributed by atoms with Crippen molar-refractivity contribution in [3.05, 3.63) is 42.0 Å². The van der Waals surface area contributed by atoms with Gasteiger partial charge in [-0.15, -0.1) is 0 Å². The Morgan fingerprint density at radius 2 is 1.74 bits per heavy atom. The third-order valence-corrected chi connectivity index (χ3v) is 2.71. The van der Waals surface area contributed by atoms with Crippen molar-refractivity contribution in [2.45, 2.75) is 5.91 Å². The van der Waals surface area contributed by atoms with E-state index in [1.165, 1.54) is 5.56 Å².